The molecule has 0 saturated heterocycles. The zero-order valence-corrected chi connectivity index (χ0v) is 27.7. The van der Waals surface area contributed by atoms with Gasteiger partial charge in [0.05, 0.1) is 21.4 Å². The molecule has 0 amide bonds. The zero-order chi connectivity index (χ0) is 33.0. The molecule has 50 heavy (non-hydrogen) atoms. The molecule has 10 aromatic rings. The summed E-state index contributed by atoms with van der Waals surface area (Å²) in [6.07, 6.45) is 0. The number of fused-ring (bicyclic) bond motifs is 6. The van der Waals surface area contributed by atoms with Gasteiger partial charge in [-0.15, -0.1) is 11.3 Å². The topological polar surface area (TPSA) is 43.6 Å². The smallest absolute Gasteiger partial charge is 0.164 e. The Bertz CT molecular complexity index is 2800. The van der Waals surface area contributed by atoms with E-state index in [-0.39, 0.29) is 0 Å². The second-order valence-corrected chi connectivity index (χ2v) is 13.5. The van der Waals surface area contributed by atoms with Gasteiger partial charge in [0.15, 0.2) is 17.5 Å². The quantitative estimate of drug-likeness (QED) is 0.185. The van der Waals surface area contributed by atoms with Crippen LogP contribution in [0.5, 0.6) is 0 Å². The van der Waals surface area contributed by atoms with Crippen molar-refractivity contribution >= 4 is 53.3 Å². The number of hydrogen-bond donors (Lipinski definition) is 0. The van der Waals surface area contributed by atoms with Crippen LogP contribution in [0, 0.1) is 0 Å². The Balaban J connectivity index is 1.17. The maximum absolute atomic E-state index is 5.00. The molecular weight excluding hydrogens is 629 g/mol. The Kier molecular flexibility index (Phi) is 6.64. The minimum absolute atomic E-state index is 0.660. The van der Waals surface area contributed by atoms with Crippen molar-refractivity contribution in [2.75, 3.05) is 0 Å². The lowest BCUT2D eigenvalue weighted by Crippen LogP contribution is -1.99. The van der Waals surface area contributed by atoms with Crippen molar-refractivity contribution < 1.29 is 0 Å². The minimum Gasteiger partial charge on any atom is -0.308 e. The fourth-order valence-corrected chi connectivity index (χ4v) is 8.32. The number of rotatable bonds is 5. The second kappa shape index (κ2) is 11.6. The highest BCUT2D eigenvalue weighted by atomic mass is 32.1. The third kappa shape index (κ3) is 4.71. The molecule has 0 radical (unpaired) electrons. The molecule has 0 unspecified atom stereocenters. The number of aromatic nitrogens is 4. The van der Waals surface area contributed by atoms with Gasteiger partial charge in [-0.25, -0.2) is 15.0 Å². The molecule has 0 spiro atoms. The van der Waals surface area contributed by atoms with Crippen molar-refractivity contribution in [2.45, 2.75) is 0 Å². The number of hydrogen-bond acceptors (Lipinski definition) is 4. The van der Waals surface area contributed by atoms with Crippen molar-refractivity contribution in [3.05, 3.63) is 170 Å². The summed E-state index contributed by atoms with van der Waals surface area (Å²) >= 11 is 1.82. The van der Waals surface area contributed by atoms with E-state index in [9.17, 15) is 0 Å². The first kappa shape index (κ1) is 28.6. The monoisotopic (exact) mass is 656 g/mol. The lowest BCUT2D eigenvalue weighted by atomic mass is 10.0. The van der Waals surface area contributed by atoms with Gasteiger partial charge >= 0.3 is 0 Å². The van der Waals surface area contributed by atoms with Gasteiger partial charge in [0.2, 0.25) is 0 Å². The molecule has 10 rings (SSSR count). The molecule has 4 nitrogen and oxygen atoms in total. The van der Waals surface area contributed by atoms with Crippen LogP contribution < -0.4 is 0 Å². The minimum atomic E-state index is 0.660. The normalized spacial score (nSPS) is 11.6. The average Bonchev–Trinajstić information content (AvgIpc) is 3.74. The predicted molar refractivity (Wildman–Crippen MR) is 209 cm³/mol. The van der Waals surface area contributed by atoms with Gasteiger partial charge in [-0.05, 0) is 35.4 Å². The van der Waals surface area contributed by atoms with Crippen LogP contribution >= 0.6 is 11.3 Å². The molecule has 0 N–H and O–H groups in total. The summed E-state index contributed by atoms with van der Waals surface area (Å²) in [4.78, 5) is 14.9. The Labute approximate surface area is 292 Å². The lowest BCUT2D eigenvalue weighted by Gasteiger charge is -2.10. The average molecular weight is 657 g/mol. The Morgan fingerprint density at radius 3 is 1.60 bits per heavy atom. The molecule has 234 valence electrons. The summed E-state index contributed by atoms with van der Waals surface area (Å²) in [5.74, 6) is 1.98. The first-order valence-electron chi connectivity index (χ1n) is 16.7. The Morgan fingerprint density at radius 1 is 0.360 bits per heavy atom. The fraction of sp³-hybridized carbons (Fsp3) is 0. The molecule has 0 bridgehead atoms. The number of nitrogens with zero attached hydrogens (tertiary/aromatic N) is 4. The van der Waals surface area contributed by atoms with Crippen molar-refractivity contribution in [1.82, 2.24) is 19.5 Å². The van der Waals surface area contributed by atoms with Crippen LogP contribution in [-0.4, -0.2) is 19.5 Å². The number of thiophene rings is 1. The molecule has 0 fully saturated rings. The highest BCUT2D eigenvalue weighted by Crippen LogP contribution is 2.42. The van der Waals surface area contributed by atoms with Crippen molar-refractivity contribution in [1.29, 1.82) is 0 Å². The lowest BCUT2D eigenvalue weighted by molar-refractivity contribution is 1.07. The molecule has 3 heterocycles. The van der Waals surface area contributed by atoms with Gasteiger partial charge in [0.1, 0.15) is 0 Å². The first-order chi connectivity index (χ1) is 24.8. The van der Waals surface area contributed by atoms with E-state index in [1.807, 2.05) is 72.0 Å². The van der Waals surface area contributed by atoms with Crippen molar-refractivity contribution in [3.63, 3.8) is 0 Å². The largest absolute Gasteiger partial charge is 0.308 e. The van der Waals surface area contributed by atoms with Crippen LogP contribution in [-0.2, 0) is 0 Å². The third-order valence-electron chi connectivity index (χ3n) is 9.46. The van der Waals surface area contributed by atoms with E-state index < -0.39 is 0 Å². The van der Waals surface area contributed by atoms with Crippen LogP contribution in [0.15, 0.2) is 170 Å². The summed E-state index contributed by atoms with van der Waals surface area (Å²) in [6.45, 7) is 0. The van der Waals surface area contributed by atoms with Crippen LogP contribution in [0.1, 0.15) is 0 Å². The second-order valence-electron chi connectivity index (χ2n) is 12.5. The third-order valence-corrected chi connectivity index (χ3v) is 10.6. The molecule has 0 aliphatic heterocycles. The Morgan fingerprint density at radius 2 is 0.900 bits per heavy atom. The summed E-state index contributed by atoms with van der Waals surface area (Å²) in [7, 11) is 0. The highest BCUT2D eigenvalue weighted by molar-refractivity contribution is 7.26. The summed E-state index contributed by atoms with van der Waals surface area (Å²) in [5, 5.41) is 4.96. The van der Waals surface area contributed by atoms with E-state index in [1.54, 1.807) is 0 Å². The maximum atomic E-state index is 5.00. The van der Waals surface area contributed by atoms with E-state index in [1.165, 1.54) is 58.8 Å². The van der Waals surface area contributed by atoms with Crippen LogP contribution in [0.3, 0.4) is 0 Å². The predicted octanol–water partition coefficient (Wildman–Crippen LogP) is 12.0. The first-order valence-corrected chi connectivity index (χ1v) is 17.5. The molecule has 0 saturated carbocycles. The number of para-hydroxylation sites is 1. The molecule has 0 aliphatic rings. The molecule has 3 aromatic heterocycles. The highest BCUT2D eigenvalue weighted by Gasteiger charge is 2.18. The van der Waals surface area contributed by atoms with Crippen LogP contribution in [0.2, 0.25) is 0 Å². The molecule has 7 aromatic carbocycles. The number of benzene rings is 7. The van der Waals surface area contributed by atoms with E-state index in [0.717, 1.165) is 16.7 Å². The van der Waals surface area contributed by atoms with Crippen LogP contribution in [0.25, 0.3) is 93.0 Å². The summed E-state index contributed by atoms with van der Waals surface area (Å²) in [6, 6.07) is 59.7. The fourth-order valence-electron chi connectivity index (χ4n) is 7.08. The van der Waals surface area contributed by atoms with Gasteiger partial charge < -0.3 is 4.57 Å². The van der Waals surface area contributed by atoms with E-state index in [0.29, 0.717) is 17.5 Å². The Hall–Kier alpha value is -6.43. The molecule has 5 heteroatoms. The van der Waals surface area contributed by atoms with Crippen LogP contribution in [0.4, 0.5) is 0 Å². The van der Waals surface area contributed by atoms with E-state index in [4.69, 9.17) is 15.0 Å². The van der Waals surface area contributed by atoms with Gasteiger partial charge in [0.25, 0.3) is 0 Å². The van der Waals surface area contributed by atoms with E-state index in [2.05, 4.69) is 114 Å². The molecule has 0 atom stereocenters. The van der Waals surface area contributed by atoms with Gasteiger partial charge in [-0.2, -0.15) is 0 Å². The summed E-state index contributed by atoms with van der Waals surface area (Å²) < 4.78 is 4.89. The molecular formula is C45H28N4S. The molecule has 0 aliphatic carbocycles. The standard InChI is InChI=1S/C45H28N4S/c1-4-13-29(14-5-1)32-23-25-35-34-19-10-11-21-38(34)49(40(35)27-32)39-22-12-20-37-36-26-24-33(28-41(36)50-42(37)39)45-47-43(30-15-6-2-7-16-30)46-44(48-45)31-17-8-3-9-18-31/h1-28H. The SMILES string of the molecule is c1ccc(-c2ccc3c4ccccc4n(-c4cccc5c4sc4cc(-c6nc(-c7ccccc7)nc(-c7ccccc7)n6)ccc45)c3c2)cc1. The van der Waals surface area contributed by atoms with Gasteiger partial charge in [0, 0.05) is 42.9 Å². The van der Waals surface area contributed by atoms with E-state index >= 15 is 0 Å². The van der Waals surface area contributed by atoms with Crippen molar-refractivity contribution in [2.24, 2.45) is 0 Å². The zero-order valence-electron chi connectivity index (χ0n) is 26.9. The van der Waals surface area contributed by atoms with Gasteiger partial charge in [-0.1, -0.05) is 146 Å². The van der Waals surface area contributed by atoms with Crippen molar-refractivity contribution in [3.8, 4) is 51.0 Å². The maximum Gasteiger partial charge on any atom is 0.164 e. The summed E-state index contributed by atoms with van der Waals surface area (Å²) in [5.41, 5.74) is 8.88. The van der Waals surface area contributed by atoms with Gasteiger partial charge in [-0.3, -0.25) is 0 Å².